The number of rotatable bonds is 8. The monoisotopic (exact) mass is 348 g/mol. The Morgan fingerprint density at radius 2 is 2.29 bits per heavy atom. The van der Waals surface area contributed by atoms with Gasteiger partial charge in [0, 0.05) is 42.4 Å². The van der Waals surface area contributed by atoms with E-state index < -0.39 is 0 Å². The minimum Gasteiger partial charge on any atom is -0.381 e. The highest BCUT2D eigenvalue weighted by molar-refractivity contribution is 7.10. The van der Waals surface area contributed by atoms with Gasteiger partial charge < -0.3 is 4.74 Å². The lowest BCUT2D eigenvalue weighted by molar-refractivity contribution is 0.0490. The first-order chi connectivity index (χ1) is 11.7. The standard InChI is InChI=1S/C19H25FN2OS/c1-2-23-15-19(8-7-17-5-6-18(20)24-17)9-11-22(14-19)13-16-4-3-10-21-12-16/h3-6,10,12H,2,7-9,11,13-15H2,1H3/t19-/m1/s1. The number of pyridine rings is 1. The van der Waals surface area contributed by atoms with Crippen molar-refractivity contribution in [3.05, 3.63) is 52.2 Å². The van der Waals surface area contributed by atoms with Crippen molar-refractivity contribution in [1.29, 1.82) is 0 Å². The van der Waals surface area contributed by atoms with E-state index in [1.54, 1.807) is 6.07 Å². The van der Waals surface area contributed by atoms with Crippen molar-refractivity contribution >= 4 is 11.3 Å². The lowest BCUT2D eigenvalue weighted by atomic mass is 9.83. The summed E-state index contributed by atoms with van der Waals surface area (Å²) in [5, 5.41) is -0.0894. The highest BCUT2D eigenvalue weighted by atomic mass is 32.1. The predicted octanol–water partition coefficient (Wildman–Crippen LogP) is 4.14. The Morgan fingerprint density at radius 3 is 3.00 bits per heavy atom. The van der Waals surface area contributed by atoms with Crippen LogP contribution in [0, 0.1) is 10.5 Å². The van der Waals surface area contributed by atoms with Crippen LogP contribution in [0.25, 0.3) is 0 Å². The third-order valence-electron chi connectivity index (χ3n) is 4.79. The topological polar surface area (TPSA) is 25.4 Å². The number of aryl methyl sites for hydroxylation is 1. The second kappa shape index (κ2) is 8.19. The lowest BCUT2D eigenvalue weighted by Crippen LogP contribution is -2.32. The van der Waals surface area contributed by atoms with Crippen molar-refractivity contribution in [3.63, 3.8) is 0 Å². The van der Waals surface area contributed by atoms with Crippen LogP contribution in [0.2, 0.25) is 0 Å². The van der Waals surface area contributed by atoms with E-state index in [1.807, 2.05) is 31.5 Å². The van der Waals surface area contributed by atoms with E-state index in [2.05, 4.69) is 16.0 Å². The lowest BCUT2D eigenvalue weighted by Gasteiger charge is -2.29. The molecule has 0 N–H and O–H groups in total. The molecule has 130 valence electrons. The quantitative estimate of drug-likeness (QED) is 0.717. The zero-order valence-electron chi connectivity index (χ0n) is 14.2. The van der Waals surface area contributed by atoms with Gasteiger partial charge in [0.2, 0.25) is 0 Å². The number of hydrogen-bond acceptors (Lipinski definition) is 4. The molecule has 5 heteroatoms. The van der Waals surface area contributed by atoms with Gasteiger partial charge in [0.15, 0.2) is 5.13 Å². The molecule has 0 aliphatic carbocycles. The van der Waals surface area contributed by atoms with E-state index in [-0.39, 0.29) is 10.5 Å². The van der Waals surface area contributed by atoms with Crippen LogP contribution in [0.4, 0.5) is 4.39 Å². The molecule has 0 unspecified atom stereocenters. The van der Waals surface area contributed by atoms with Crippen LogP contribution in [0.1, 0.15) is 30.2 Å². The van der Waals surface area contributed by atoms with Crippen molar-refractivity contribution in [1.82, 2.24) is 9.88 Å². The highest BCUT2D eigenvalue weighted by Crippen LogP contribution is 2.37. The average Bonchev–Trinajstić information content (AvgIpc) is 3.19. The first-order valence-corrected chi connectivity index (χ1v) is 9.44. The highest BCUT2D eigenvalue weighted by Gasteiger charge is 2.38. The van der Waals surface area contributed by atoms with Gasteiger partial charge in [-0.15, -0.1) is 11.3 Å². The smallest absolute Gasteiger partial charge is 0.176 e. The molecule has 1 aliphatic rings. The minimum atomic E-state index is -0.0894. The van der Waals surface area contributed by atoms with Crippen LogP contribution in [0.15, 0.2) is 36.7 Å². The van der Waals surface area contributed by atoms with Crippen molar-refractivity contribution in [2.24, 2.45) is 5.41 Å². The molecule has 0 saturated carbocycles. The van der Waals surface area contributed by atoms with Crippen LogP contribution in [-0.2, 0) is 17.7 Å². The Bertz CT molecular complexity index is 633. The summed E-state index contributed by atoms with van der Waals surface area (Å²) in [4.78, 5) is 7.83. The zero-order valence-corrected chi connectivity index (χ0v) is 15.0. The number of ether oxygens (including phenoxy) is 1. The van der Waals surface area contributed by atoms with Crippen LogP contribution < -0.4 is 0 Å². The van der Waals surface area contributed by atoms with Gasteiger partial charge in [0.1, 0.15) is 0 Å². The first-order valence-electron chi connectivity index (χ1n) is 8.62. The second-order valence-corrected chi connectivity index (χ2v) is 7.78. The van der Waals surface area contributed by atoms with Gasteiger partial charge in [0.25, 0.3) is 0 Å². The Hall–Kier alpha value is -1.30. The molecular formula is C19H25FN2OS. The van der Waals surface area contributed by atoms with Crippen molar-refractivity contribution in [2.75, 3.05) is 26.3 Å². The predicted molar refractivity (Wildman–Crippen MR) is 95.7 cm³/mol. The molecule has 24 heavy (non-hydrogen) atoms. The van der Waals surface area contributed by atoms with Gasteiger partial charge in [-0.05, 0) is 56.5 Å². The molecule has 0 radical (unpaired) electrons. The maximum atomic E-state index is 13.2. The molecule has 1 fully saturated rings. The summed E-state index contributed by atoms with van der Waals surface area (Å²) in [5.74, 6) is 0. The Kier molecular flexibility index (Phi) is 5.98. The summed E-state index contributed by atoms with van der Waals surface area (Å²) < 4.78 is 19.0. The average molecular weight is 348 g/mol. The molecule has 3 heterocycles. The number of nitrogens with zero attached hydrogens (tertiary/aromatic N) is 2. The molecule has 3 rings (SSSR count). The third kappa shape index (κ3) is 4.62. The summed E-state index contributed by atoms with van der Waals surface area (Å²) in [6, 6.07) is 7.60. The SMILES string of the molecule is CCOC[C@]1(CCc2ccc(F)s2)CCN(Cc2cccnc2)C1. The number of thiophene rings is 1. The van der Waals surface area contributed by atoms with E-state index >= 15 is 0 Å². The van der Waals surface area contributed by atoms with E-state index in [1.165, 1.54) is 16.9 Å². The fourth-order valence-corrected chi connectivity index (χ4v) is 4.23. The number of hydrogen-bond donors (Lipinski definition) is 0. The summed E-state index contributed by atoms with van der Waals surface area (Å²) >= 11 is 1.27. The third-order valence-corrected chi connectivity index (χ3v) is 5.72. The Morgan fingerprint density at radius 1 is 1.38 bits per heavy atom. The molecule has 2 aromatic rings. The summed E-state index contributed by atoms with van der Waals surface area (Å²) in [5.41, 5.74) is 1.43. The number of halogens is 1. The normalized spacial score (nSPS) is 21.4. The van der Waals surface area contributed by atoms with Gasteiger partial charge >= 0.3 is 0 Å². The maximum absolute atomic E-state index is 13.2. The van der Waals surface area contributed by atoms with Crippen molar-refractivity contribution < 1.29 is 9.13 Å². The summed E-state index contributed by atoms with van der Waals surface area (Å²) in [7, 11) is 0. The van der Waals surface area contributed by atoms with Crippen LogP contribution >= 0.6 is 11.3 Å². The molecule has 3 nitrogen and oxygen atoms in total. The Labute approximate surface area is 147 Å². The summed E-state index contributed by atoms with van der Waals surface area (Å²) in [6.45, 7) is 6.65. The van der Waals surface area contributed by atoms with Gasteiger partial charge in [-0.2, -0.15) is 4.39 Å². The molecule has 1 aliphatic heterocycles. The van der Waals surface area contributed by atoms with Gasteiger partial charge in [0.05, 0.1) is 6.61 Å². The van der Waals surface area contributed by atoms with E-state index in [0.717, 1.165) is 57.0 Å². The molecule has 0 spiro atoms. The molecule has 1 saturated heterocycles. The van der Waals surface area contributed by atoms with E-state index in [0.29, 0.717) is 0 Å². The first kappa shape index (κ1) is 17.5. The zero-order chi connectivity index (χ0) is 16.8. The fourth-order valence-electron chi connectivity index (χ4n) is 3.50. The molecule has 2 aromatic heterocycles. The van der Waals surface area contributed by atoms with Gasteiger partial charge in [-0.1, -0.05) is 6.07 Å². The van der Waals surface area contributed by atoms with Crippen molar-refractivity contribution in [2.45, 2.75) is 32.7 Å². The molecule has 0 aromatic carbocycles. The Balaban J connectivity index is 1.61. The van der Waals surface area contributed by atoms with E-state index in [4.69, 9.17) is 4.74 Å². The van der Waals surface area contributed by atoms with Crippen LogP contribution in [-0.4, -0.2) is 36.2 Å². The van der Waals surface area contributed by atoms with E-state index in [9.17, 15) is 4.39 Å². The van der Waals surface area contributed by atoms with Gasteiger partial charge in [-0.25, -0.2) is 0 Å². The molecule has 0 bridgehead atoms. The van der Waals surface area contributed by atoms with Crippen LogP contribution in [0.3, 0.4) is 0 Å². The second-order valence-electron chi connectivity index (χ2n) is 6.66. The van der Waals surface area contributed by atoms with Crippen LogP contribution in [0.5, 0.6) is 0 Å². The largest absolute Gasteiger partial charge is 0.381 e. The molecular weight excluding hydrogens is 323 g/mol. The molecule has 1 atom stereocenters. The number of likely N-dealkylation sites (tertiary alicyclic amines) is 1. The summed E-state index contributed by atoms with van der Waals surface area (Å²) in [6.07, 6.45) is 6.88. The number of aromatic nitrogens is 1. The van der Waals surface area contributed by atoms with Gasteiger partial charge in [-0.3, -0.25) is 9.88 Å². The van der Waals surface area contributed by atoms with Crippen molar-refractivity contribution in [3.8, 4) is 0 Å². The minimum absolute atomic E-state index is 0.0894. The molecule has 0 amide bonds. The fraction of sp³-hybridized carbons (Fsp3) is 0.526. The maximum Gasteiger partial charge on any atom is 0.176 e.